The second-order valence-electron chi connectivity index (χ2n) is 1.97. The molecule has 0 heterocycles. The van der Waals surface area contributed by atoms with Crippen LogP contribution in [0.15, 0.2) is 24.3 Å². The first-order valence-electron chi connectivity index (χ1n) is 2.92. The number of nitrogens with two attached hydrogens (primary N) is 1. The Kier molecular flexibility index (Phi) is 2.33. The maximum Gasteiger partial charge on any atom is 0.248 e. The van der Waals surface area contributed by atoms with Crippen molar-refractivity contribution in [2.75, 3.05) is 0 Å². The summed E-state index contributed by atoms with van der Waals surface area (Å²) in [6.07, 6.45) is 0. The van der Waals surface area contributed by atoms with Crippen molar-refractivity contribution in [2.24, 2.45) is 5.73 Å². The number of benzene rings is 1. The lowest BCUT2D eigenvalue weighted by molar-refractivity contribution is 0.1000. The van der Waals surface area contributed by atoms with Gasteiger partial charge in [-0.05, 0) is 18.2 Å². The number of carbonyl (C=O) groups is 1. The van der Waals surface area contributed by atoms with E-state index >= 15 is 0 Å². The lowest BCUT2D eigenvalue weighted by atomic mass is 10.2. The van der Waals surface area contributed by atoms with Crippen molar-refractivity contribution in [2.45, 2.75) is 0 Å². The van der Waals surface area contributed by atoms with Crippen LogP contribution in [0, 0.1) is 0 Å². The van der Waals surface area contributed by atoms with Gasteiger partial charge < -0.3 is 10.0 Å². The molecular formula is C7H6ClNO2. The summed E-state index contributed by atoms with van der Waals surface area (Å²) in [4.78, 5) is 10.6. The van der Waals surface area contributed by atoms with E-state index < -0.39 is 5.91 Å². The minimum absolute atomic E-state index is 0.378. The Balaban J connectivity index is 3.01. The zero-order valence-corrected chi connectivity index (χ0v) is 6.34. The average Bonchev–Trinajstić information content (AvgIpc) is 2.05. The van der Waals surface area contributed by atoms with E-state index in [4.69, 9.17) is 17.6 Å². The van der Waals surface area contributed by atoms with Crippen molar-refractivity contribution in [1.29, 1.82) is 0 Å². The summed E-state index contributed by atoms with van der Waals surface area (Å²) in [6, 6.07) is 6.31. The van der Waals surface area contributed by atoms with E-state index in [2.05, 4.69) is 4.29 Å². The van der Waals surface area contributed by atoms with Gasteiger partial charge in [0.1, 0.15) is 17.6 Å². The third kappa shape index (κ3) is 1.85. The molecule has 0 spiro atoms. The molecule has 0 atom stereocenters. The first kappa shape index (κ1) is 7.88. The van der Waals surface area contributed by atoms with Crippen LogP contribution in [-0.4, -0.2) is 5.91 Å². The molecule has 0 bridgehead atoms. The summed E-state index contributed by atoms with van der Waals surface area (Å²) >= 11 is 5.05. The smallest absolute Gasteiger partial charge is 0.248 e. The lowest BCUT2D eigenvalue weighted by Gasteiger charge is -1.96. The Morgan fingerprint density at radius 2 is 2.27 bits per heavy atom. The van der Waals surface area contributed by atoms with E-state index in [1.54, 1.807) is 18.2 Å². The first-order valence-corrected chi connectivity index (χ1v) is 3.23. The van der Waals surface area contributed by atoms with Crippen LogP contribution in [0.3, 0.4) is 0 Å². The van der Waals surface area contributed by atoms with Crippen LogP contribution in [0.2, 0.25) is 0 Å². The molecule has 0 aromatic heterocycles. The van der Waals surface area contributed by atoms with Gasteiger partial charge in [0, 0.05) is 5.56 Å². The fraction of sp³-hybridized carbons (Fsp3) is 0. The number of hydrogen-bond donors (Lipinski definition) is 1. The summed E-state index contributed by atoms with van der Waals surface area (Å²) in [5.74, 6) is -0.0940. The zero-order valence-electron chi connectivity index (χ0n) is 5.58. The molecule has 4 heteroatoms. The Labute approximate surface area is 68.9 Å². The maximum atomic E-state index is 10.6. The normalized spacial score (nSPS) is 9.18. The van der Waals surface area contributed by atoms with Crippen molar-refractivity contribution in [1.82, 2.24) is 0 Å². The van der Waals surface area contributed by atoms with Crippen LogP contribution in [-0.2, 0) is 0 Å². The van der Waals surface area contributed by atoms with Crippen molar-refractivity contribution >= 4 is 17.8 Å². The average molecular weight is 172 g/mol. The fourth-order valence-corrected chi connectivity index (χ4v) is 0.793. The molecule has 0 unspecified atom stereocenters. The Morgan fingerprint density at radius 1 is 1.55 bits per heavy atom. The molecule has 11 heavy (non-hydrogen) atoms. The van der Waals surface area contributed by atoms with Crippen LogP contribution in [0.5, 0.6) is 5.75 Å². The van der Waals surface area contributed by atoms with Gasteiger partial charge in [-0.2, -0.15) is 0 Å². The van der Waals surface area contributed by atoms with Gasteiger partial charge in [0.15, 0.2) is 0 Å². The van der Waals surface area contributed by atoms with Crippen molar-refractivity contribution in [3.8, 4) is 5.75 Å². The van der Waals surface area contributed by atoms with Crippen molar-refractivity contribution in [3.05, 3.63) is 29.8 Å². The number of rotatable bonds is 2. The molecule has 1 rings (SSSR count). The van der Waals surface area contributed by atoms with E-state index in [0.29, 0.717) is 11.3 Å². The number of amides is 1. The van der Waals surface area contributed by atoms with E-state index in [-0.39, 0.29) is 0 Å². The van der Waals surface area contributed by atoms with Crippen LogP contribution >= 0.6 is 11.9 Å². The molecule has 1 amide bonds. The van der Waals surface area contributed by atoms with E-state index in [1.165, 1.54) is 6.07 Å². The molecule has 0 aliphatic carbocycles. The quantitative estimate of drug-likeness (QED) is 0.730. The Morgan fingerprint density at radius 3 is 2.82 bits per heavy atom. The standard InChI is InChI=1S/C7H6ClNO2/c8-11-6-3-1-2-5(4-6)7(9)10/h1-4H,(H2,9,10). The monoisotopic (exact) mass is 171 g/mol. The van der Waals surface area contributed by atoms with Gasteiger partial charge in [0.25, 0.3) is 0 Å². The zero-order chi connectivity index (χ0) is 8.27. The molecular weight excluding hydrogens is 166 g/mol. The van der Waals surface area contributed by atoms with E-state index in [9.17, 15) is 4.79 Å². The third-order valence-electron chi connectivity index (χ3n) is 1.21. The van der Waals surface area contributed by atoms with Gasteiger partial charge in [-0.25, -0.2) is 0 Å². The van der Waals surface area contributed by atoms with E-state index in [1.807, 2.05) is 0 Å². The predicted octanol–water partition coefficient (Wildman–Crippen LogP) is 1.32. The topological polar surface area (TPSA) is 52.3 Å². The van der Waals surface area contributed by atoms with Gasteiger partial charge in [0.05, 0.1) is 0 Å². The highest BCUT2D eigenvalue weighted by Crippen LogP contribution is 2.13. The largest absolute Gasteiger partial charge is 0.386 e. The molecule has 0 aliphatic rings. The van der Waals surface area contributed by atoms with Crippen molar-refractivity contribution in [3.63, 3.8) is 0 Å². The first-order chi connectivity index (χ1) is 5.24. The molecule has 1 aromatic rings. The predicted molar refractivity (Wildman–Crippen MR) is 41.4 cm³/mol. The summed E-state index contributed by atoms with van der Waals surface area (Å²) < 4.78 is 4.37. The molecule has 0 fully saturated rings. The lowest BCUT2D eigenvalue weighted by Crippen LogP contribution is -2.10. The molecule has 58 valence electrons. The van der Waals surface area contributed by atoms with Gasteiger partial charge in [-0.1, -0.05) is 6.07 Å². The van der Waals surface area contributed by atoms with E-state index in [0.717, 1.165) is 0 Å². The van der Waals surface area contributed by atoms with Crippen LogP contribution in [0.25, 0.3) is 0 Å². The van der Waals surface area contributed by atoms with Gasteiger partial charge >= 0.3 is 0 Å². The highest BCUT2D eigenvalue weighted by molar-refractivity contribution is 6.09. The highest BCUT2D eigenvalue weighted by Gasteiger charge is 2.00. The molecule has 0 saturated carbocycles. The molecule has 3 nitrogen and oxygen atoms in total. The molecule has 1 aromatic carbocycles. The fourth-order valence-electron chi connectivity index (χ4n) is 0.697. The number of carbonyl (C=O) groups excluding carboxylic acids is 1. The molecule has 0 saturated heterocycles. The number of hydrogen-bond acceptors (Lipinski definition) is 2. The Hall–Kier alpha value is -1.22. The van der Waals surface area contributed by atoms with Gasteiger partial charge in [0.2, 0.25) is 5.91 Å². The summed E-state index contributed by atoms with van der Waals surface area (Å²) in [7, 11) is 0. The summed E-state index contributed by atoms with van der Waals surface area (Å²) in [5, 5.41) is 0. The molecule has 0 radical (unpaired) electrons. The maximum absolute atomic E-state index is 10.6. The SMILES string of the molecule is NC(=O)c1cccc(OCl)c1. The summed E-state index contributed by atoms with van der Waals surface area (Å²) in [5.41, 5.74) is 5.38. The summed E-state index contributed by atoms with van der Waals surface area (Å²) in [6.45, 7) is 0. The number of primary amides is 1. The molecule has 2 N–H and O–H groups in total. The second-order valence-corrected chi connectivity index (χ2v) is 2.12. The van der Waals surface area contributed by atoms with Gasteiger partial charge in [-0.15, -0.1) is 0 Å². The minimum atomic E-state index is -0.499. The molecule has 0 aliphatic heterocycles. The van der Waals surface area contributed by atoms with Gasteiger partial charge in [-0.3, -0.25) is 4.79 Å². The Bertz CT molecular complexity index is 275. The second kappa shape index (κ2) is 3.25. The van der Waals surface area contributed by atoms with Crippen LogP contribution < -0.4 is 10.0 Å². The van der Waals surface area contributed by atoms with Crippen molar-refractivity contribution < 1.29 is 9.08 Å². The number of halogens is 1. The minimum Gasteiger partial charge on any atom is -0.386 e. The van der Waals surface area contributed by atoms with Crippen LogP contribution in [0.4, 0.5) is 0 Å². The third-order valence-corrected chi connectivity index (χ3v) is 1.39. The highest BCUT2D eigenvalue weighted by atomic mass is 35.5. The van der Waals surface area contributed by atoms with Crippen LogP contribution in [0.1, 0.15) is 10.4 Å².